The number of carbonyl (C=O) groups is 1. The summed E-state index contributed by atoms with van der Waals surface area (Å²) in [4.78, 5) is 26.7. The molecule has 0 aliphatic rings. The smallest absolute Gasteiger partial charge is 0.337 e. The molecule has 8 heteroatoms. The summed E-state index contributed by atoms with van der Waals surface area (Å²) in [6.07, 6.45) is 0. The Morgan fingerprint density at radius 3 is 2.44 bits per heavy atom. The number of esters is 1. The summed E-state index contributed by atoms with van der Waals surface area (Å²) in [6.45, 7) is 0. The molecule has 0 aliphatic carbocycles. The molecule has 0 aliphatic heterocycles. The Hall–Kier alpha value is -3.45. The number of hydrogen-bond donors (Lipinski definition) is 1. The number of nitro groups is 1. The summed E-state index contributed by atoms with van der Waals surface area (Å²) in [5, 5.41) is 14.8. The van der Waals surface area contributed by atoms with E-state index in [-0.39, 0.29) is 11.5 Å². The SMILES string of the molecule is COC(=O)c1ccc(Nc2nc(-c3ccccc3Cl)ccc2[N+](=O)[O-])cc1. The molecule has 2 aromatic carbocycles. The Balaban J connectivity index is 1.98. The highest BCUT2D eigenvalue weighted by molar-refractivity contribution is 6.33. The topological polar surface area (TPSA) is 94.4 Å². The summed E-state index contributed by atoms with van der Waals surface area (Å²) in [5.74, 6) is -0.394. The molecule has 0 radical (unpaired) electrons. The first-order valence-electron chi connectivity index (χ1n) is 7.85. The van der Waals surface area contributed by atoms with E-state index >= 15 is 0 Å². The molecule has 0 saturated carbocycles. The number of nitrogens with zero attached hydrogens (tertiary/aromatic N) is 2. The van der Waals surface area contributed by atoms with Crippen LogP contribution >= 0.6 is 11.6 Å². The van der Waals surface area contributed by atoms with Gasteiger partial charge in [-0.1, -0.05) is 29.8 Å². The third-order valence-electron chi connectivity index (χ3n) is 3.79. The van der Waals surface area contributed by atoms with Crippen molar-refractivity contribution in [3.8, 4) is 11.3 Å². The Kier molecular flexibility index (Phi) is 5.33. The summed E-state index contributed by atoms with van der Waals surface area (Å²) in [6, 6.07) is 16.4. The zero-order chi connectivity index (χ0) is 19.4. The minimum atomic E-state index is -0.519. The molecule has 0 bridgehead atoms. The number of anilines is 2. The molecule has 136 valence electrons. The molecule has 1 aromatic heterocycles. The molecule has 1 N–H and O–H groups in total. The number of aromatic nitrogens is 1. The van der Waals surface area contributed by atoms with E-state index in [1.54, 1.807) is 48.5 Å². The Morgan fingerprint density at radius 2 is 1.81 bits per heavy atom. The largest absolute Gasteiger partial charge is 0.465 e. The van der Waals surface area contributed by atoms with Gasteiger partial charge in [-0.2, -0.15) is 0 Å². The highest BCUT2D eigenvalue weighted by Gasteiger charge is 2.18. The monoisotopic (exact) mass is 383 g/mol. The van der Waals surface area contributed by atoms with Crippen LogP contribution in [0.25, 0.3) is 11.3 Å². The van der Waals surface area contributed by atoms with Gasteiger partial charge in [-0.15, -0.1) is 0 Å². The van der Waals surface area contributed by atoms with Gasteiger partial charge in [0.1, 0.15) is 0 Å². The molecule has 3 aromatic rings. The fourth-order valence-corrected chi connectivity index (χ4v) is 2.69. The molecule has 0 saturated heterocycles. The van der Waals surface area contributed by atoms with Crippen LogP contribution < -0.4 is 5.32 Å². The molecule has 0 unspecified atom stereocenters. The lowest BCUT2D eigenvalue weighted by molar-refractivity contribution is -0.384. The lowest BCUT2D eigenvalue weighted by atomic mass is 10.1. The van der Waals surface area contributed by atoms with Crippen molar-refractivity contribution in [2.75, 3.05) is 12.4 Å². The van der Waals surface area contributed by atoms with Gasteiger partial charge in [0.2, 0.25) is 5.82 Å². The van der Waals surface area contributed by atoms with Crippen LogP contribution in [0.5, 0.6) is 0 Å². The molecule has 0 atom stereocenters. The fourth-order valence-electron chi connectivity index (χ4n) is 2.45. The number of ether oxygens (including phenoxy) is 1. The van der Waals surface area contributed by atoms with Crippen molar-refractivity contribution in [3.05, 3.63) is 81.4 Å². The zero-order valence-corrected chi connectivity index (χ0v) is 14.9. The Bertz CT molecular complexity index is 1010. The molecule has 0 spiro atoms. The summed E-state index contributed by atoms with van der Waals surface area (Å²) in [7, 11) is 1.29. The van der Waals surface area contributed by atoms with E-state index in [0.29, 0.717) is 27.5 Å². The van der Waals surface area contributed by atoms with Crippen molar-refractivity contribution in [2.24, 2.45) is 0 Å². The molecule has 0 amide bonds. The molecule has 3 rings (SSSR count). The van der Waals surface area contributed by atoms with E-state index < -0.39 is 10.9 Å². The average molecular weight is 384 g/mol. The van der Waals surface area contributed by atoms with Gasteiger partial charge in [0.15, 0.2) is 0 Å². The van der Waals surface area contributed by atoms with Gasteiger partial charge < -0.3 is 10.1 Å². The molecular weight excluding hydrogens is 370 g/mol. The standard InChI is InChI=1S/C19H14ClN3O4/c1-27-19(24)12-6-8-13(9-7-12)21-18-17(23(25)26)11-10-16(22-18)14-4-2-3-5-15(14)20/h2-11H,1H3,(H,21,22). The average Bonchev–Trinajstić information content (AvgIpc) is 2.68. The van der Waals surface area contributed by atoms with Crippen molar-refractivity contribution in [1.29, 1.82) is 0 Å². The maximum Gasteiger partial charge on any atom is 0.337 e. The number of methoxy groups -OCH3 is 1. The maximum atomic E-state index is 11.5. The zero-order valence-electron chi connectivity index (χ0n) is 14.2. The van der Waals surface area contributed by atoms with Crippen molar-refractivity contribution in [3.63, 3.8) is 0 Å². The van der Waals surface area contributed by atoms with Crippen LogP contribution in [-0.4, -0.2) is 23.0 Å². The van der Waals surface area contributed by atoms with Gasteiger partial charge in [-0.3, -0.25) is 10.1 Å². The van der Waals surface area contributed by atoms with Crippen molar-refractivity contribution < 1.29 is 14.5 Å². The van der Waals surface area contributed by atoms with E-state index in [2.05, 4.69) is 15.0 Å². The van der Waals surface area contributed by atoms with Crippen LogP contribution in [0.4, 0.5) is 17.2 Å². The summed E-state index contributed by atoms with van der Waals surface area (Å²) < 4.78 is 4.65. The van der Waals surface area contributed by atoms with E-state index in [9.17, 15) is 14.9 Å². The van der Waals surface area contributed by atoms with Gasteiger partial charge in [0, 0.05) is 22.3 Å². The first-order valence-corrected chi connectivity index (χ1v) is 8.23. The van der Waals surface area contributed by atoms with Crippen molar-refractivity contribution in [2.45, 2.75) is 0 Å². The number of nitrogens with one attached hydrogen (secondary N) is 1. The molecule has 1 heterocycles. The van der Waals surface area contributed by atoms with Crippen molar-refractivity contribution >= 4 is 34.8 Å². The maximum absolute atomic E-state index is 11.5. The number of halogens is 1. The number of carbonyl (C=O) groups excluding carboxylic acids is 1. The third-order valence-corrected chi connectivity index (χ3v) is 4.12. The van der Waals surface area contributed by atoms with Gasteiger partial charge in [-0.25, -0.2) is 9.78 Å². The minimum Gasteiger partial charge on any atom is -0.465 e. The molecule has 0 fully saturated rings. The number of pyridine rings is 1. The Labute approximate surface area is 159 Å². The quantitative estimate of drug-likeness (QED) is 0.385. The van der Waals surface area contributed by atoms with Crippen LogP contribution in [0.2, 0.25) is 5.02 Å². The number of rotatable bonds is 5. The van der Waals surface area contributed by atoms with E-state index in [1.165, 1.54) is 13.2 Å². The Morgan fingerprint density at radius 1 is 1.11 bits per heavy atom. The minimum absolute atomic E-state index is 0.0724. The predicted octanol–water partition coefficient (Wildman–Crippen LogP) is 4.84. The van der Waals surface area contributed by atoms with Gasteiger partial charge in [0.25, 0.3) is 0 Å². The second kappa shape index (κ2) is 7.84. The molecule has 27 heavy (non-hydrogen) atoms. The van der Waals surface area contributed by atoms with Crippen LogP contribution in [-0.2, 0) is 4.74 Å². The van der Waals surface area contributed by atoms with E-state index in [0.717, 1.165) is 0 Å². The van der Waals surface area contributed by atoms with Crippen LogP contribution in [0.3, 0.4) is 0 Å². The lowest BCUT2D eigenvalue weighted by Crippen LogP contribution is -2.03. The van der Waals surface area contributed by atoms with Crippen LogP contribution in [0, 0.1) is 10.1 Å². The lowest BCUT2D eigenvalue weighted by Gasteiger charge is -2.10. The molecule has 7 nitrogen and oxygen atoms in total. The van der Waals surface area contributed by atoms with Crippen molar-refractivity contribution in [1.82, 2.24) is 4.98 Å². The summed E-state index contributed by atoms with van der Waals surface area (Å²) in [5.41, 5.74) is 1.89. The fraction of sp³-hybridized carbons (Fsp3) is 0.0526. The van der Waals surface area contributed by atoms with Gasteiger partial charge in [0.05, 0.1) is 23.3 Å². The van der Waals surface area contributed by atoms with Crippen LogP contribution in [0.1, 0.15) is 10.4 Å². The van der Waals surface area contributed by atoms with E-state index in [1.807, 2.05) is 6.07 Å². The highest BCUT2D eigenvalue weighted by atomic mass is 35.5. The third kappa shape index (κ3) is 4.04. The first-order chi connectivity index (χ1) is 13.0. The predicted molar refractivity (Wildman–Crippen MR) is 102 cm³/mol. The first kappa shape index (κ1) is 18.3. The second-order valence-corrected chi connectivity index (χ2v) is 5.90. The highest BCUT2D eigenvalue weighted by Crippen LogP contribution is 2.32. The van der Waals surface area contributed by atoms with Crippen LogP contribution in [0.15, 0.2) is 60.7 Å². The van der Waals surface area contributed by atoms with E-state index in [4.69, 9.17) is 11.6 Å². The summed E-state index contributed by atoms with van der Waals surface area (Å²) >= 11 is 6.20. The second-order valence-electron chi connectivity index (χ2n) is 5.50. The molecular formula is C19H14ClN3O4. The van der Waals surface area contributed by atoms with Gasteiger partial charge >= 0.3 is 11.7 Å². The number of hydrogen-bond acceptors (Lipinski definition) is 6. The number of benzene rings is 2. The van der Waals surface area contributed by atoms with Gasteiger partial charge in [-0.05, 0) is 36.4 Å². The normalized spacial score (nSPS) is 10.3.